The van der Waals surface area contributed by atoms with Crippen LogP contribution in [-0.2, 0) is 14.3 Å². The summed E-state index contributed by atoms with van der Waals surface area (Å²) < 4.78 is 5.30. The lowest BCUT2D eigenvalue weighted by Gasteiger charge is -2.20. The molecule has 3 aromatic rings. The van der Waals surface area contributed by atoms with Crippen molar-refractivity contribution in [1.29, 1.82) is 0 Å². The number of carbonyl (C=O) groups excluding carboxylic acids is 4. The van der Waals surface area contributed by atoms with Gasteiger partial charge in [0, 0.05) is 41.3 Å². The average molecular weight is 576 g/mol. The van der Waals surface area contributed by atoms with Gasteiger partial charge in [-0.1, -0.05) is 19.9 Å². The normalized spacial score (nSPS) is 11.6. The van der Waals surface area contributed by atoms with Crippen molar-refractivity contribution in [2.45, 2.75) is 53.1 Å². The van der Waals surface area contributed by atoms with Gasteiger partial charge in [-0.2, -0.15) is 4.98 Å². The zero-order valence-corrected chi connectivity index (χ0v) is 24.4. The lowest BCUT2D eigenvalue weighted by atomic mass is 10.1. The molecule has 222 valence electrons. The monoisotopic (exact) mass is 575 g/mol. The van der Waals surface area contributed by atoms with Crippen molar-refractivity contribution < 1.29 is 23.9 Å². The third kappa shape index (κ3) is 9.58. The number of ether oxygens (including phenoxy) is 1. The molecule has 0 fully saturated rings. The molecule has 1 aromatic heterocycles. The number of primary amides is 1. The highest BCUT2D eigenvalue weighted by molar-refractivity contribution is 6.07. The maximum Gasteiger partial charge on any atom is 0.307 e. The molecule has 0 saturated carbocycles. The minimum absolute atomic E-state index is 0.0589. The second-order valence-electron chi connectivity index (χ2n) is 10.7. The number of nitrogens with two attached hydrogens (primary N) is 1. The van der Waals surface area contributed by atoms with Crippen molar-refractivity contribution in [3.8, 4) is 0 Å². The van der Waals surface area contributed by atoms with Crippen LogP contribution in [-0.4, -0.2) is 45.8 Å². The van der Waals surface area contributed by atoms with Crippen LogP contribution in [0.5, 0.6) is 0 Å². The molecule has 0 aliphatic carbocycles. The number of nitrogens with zero attached hydrogens (tertiary/aromatic N) is 2. The molecular formula is C30H37N7O5. The highest BCUT2D eigenvalue weighted by atomic mass is 16.6. The highest BCUT2D eigenvalue weighted by Crippen LogP contribution is 2.22. The number of hydrogen-bond donors (Lipinski definition) is 5. The molecule has 0 saturated heterocycles. The molecule has 42 heavy (non-hydrogen) atoms. The Morgan fingerprint density at radius 3 is 2.26 bits per heavy atom. The van der Waals surface area contributed by atoms with Crippen molar-refractivity contribution in [3.63, 3.8) is 0 Å². The molecule has 2 aromatic carbocycles. The summed E-state index contributed by atoms with van der Waals surface area (Å²) in [6.07, 6.45) is 2.15. The number of aromatic nitrogens is 2. The smallest absolute Gasteiger partial charge is 0.307 e. The first-order valence-corrected chi connectivity index (χ1v) is 13.6. The van der Waals surface area contributed by atoms with Crippen LogP contribution in [0.15, 0.2) is 54.7 Å². The van der Waals surface area contributed by atoms with E-state index in [9.17, 15) is 19.2 Å². The first kappa shape index (κ1) is 31.5. The van der Waals surface area contributed by atoms with Crippen molar-refractivity contribution in [3.05, 3.63) is 65.9 Å². The summed E-state index contributed by atoms with van der Waals surface area (Å²) in [5.41, 5.74) is 6.79. The van der Waals surface area contributed by atoms with E-state index in [4.69, 9.17) is 10.5 Å². The third-order valence-corrected chi connectivity index (χ3v) is 5.73. The molecule has 1 atom stereocenters. The predicted molar refractivity (Wildman–Crippen MR) is 162 cm³/mol. The van der Waals surface area contributed by atoms with Crippen molar-refractivity contribution in [2.24, 2.45) is 11.7 Å². The van der Waals surface area contributed by atoms with Crippen LogP contribution in [0.4, 0.5) is 28.8 Å². The number of carbonyl (C=O) groups is 4. The lowest BCUT2D eigenvalue weighted by Crippen LogP contribution is -2.28. The van der Waals surface area contributed by atoms with Gasteiger partial charge in [-0.15, -0.1) is 0 Å². The number of anilines is 5. The van der Waals surface area contributed by atoms with Gasteiger partial charge in [0.15, 0.2) is 0 Å². The van der Waals surface area contributed by atoms with Gasteiger partial charge in [0.25, 0.3) is 5.91 Å². The number of hydrogen-bond acceptors (Lipinski definition) is 9. The van der Waals surface area contributed by atoms with Crippen LogP contribution in [0, 0.1) is 5.92 Å². The molecule has 12 heteroatoms. The van der Waals surface area contributed by atoms with Gasteiger partial charge in [-0.3, -0.25) is 19.2 Å². The maximum absolute atomic E-state index is 13.2. The summed E-state index contributed by atoms with van der Waals surface area (Å²) in [5.74, 6) is -1.81. The SMILES string of the molecule is CCCNc1nc(Nc2ccc(C(N)=O)cc2)ncc1C(=O)Nc1cccc(NC(=O)[C@H](C)CC(=O)OC(C)(C)C)c1. The third-order valence-electron chi connectivity index (χ3n) is 5.73. The van der Waals surface area contributed by atoms with E-state index in [0.29, 0.717) is 35.0 Å². The molecule has 0 bridgehead atoms. The highest BCUT2D eigenvalue weighted by Gasteiger charge is 2.22. The lowest BCUT2D eigenvalue weighted by molar-refractivity contribution is -0.156. The Balaban J connectivity index is 1.69. The van der Waals surface area contributed by atoms with E-state index in [1.807, 2.05) is 6.92 Å². The maximum atomic E-state index is 13.2. The molecule has 0 aliphatic heterocycles. The second-order valence-corrected chi connectivity index (χ2v) is 10.7. The van der Waals surface area contributed by atoms with Crippen LogP contribution in [0.2, 0.25) is 0 Å². The van der Waals surface area contributed by atoms with Crippen molar-refractivity contribution in [2.75, 3.05) is 27.8 Å². The number of rotatable bonds is 12. The van der Waals surface area contributed by atoms with Crippen LogP contribution in [0.1, 0.15) is 68.2 Å². The number of amides is 3. The van der Waals surface area contributed by atoms with Crippen LogP contribution < -0.4 is 27.0 Å². The summed E-state index contributed by atoms with van der Waals surface area (Å²) >= 11 is 0. The van der Waals surface area contributed by atoms with Gasteiger partial charge in [0.05, 0.1) is 6.42 Å². The molecule has 6 N–H and O–H groups in total. The zero-order chi connectivity index (χ0) is 30.9. The minimum atomic E-state index is -0.632. The predicted octanol–water partition coefficient (Wildman–Crippen LogP) is 4.70. The molecule has 0 spiro atoms. The number of esters is 1. The number of nitrogens with one attached hydrogen (secondary N) is 4. The van der Waals surface area contributed by atoms with Gasteiger partial charge >= 0.3 is 5.97 Å². The van der Waals surface area contributed by atoms with Crippen LogP contribution in [0.3, 0.4) is 0 Å². The van der Waals surface area contributed by atoms with Crippen molar-refractivity contribution in [1.82, 2.24) is 9.97 Å². The fourth-order valence-corrected chi connectivity index (χ4v) is 3.70. The van der Waals surface area contributed by atoms with E-state index in [-0.39, 0.29) is 23.8 Å². The van der Waals surface area contributed by atoms with E-state index >= 15 is 0 Å². The standard InChI is InChI=1S/C30H37N7O5/c1-6-14-32-26-23(17-33-29(37-26)36-20-12-10-19(11-13-20)25(31)39)28(41)35-22-9-7-8-21(16-22)34-27(40)18(2)15-24(38)42-30(3,4)5/h7-13,16-18H,6,14-15H2,1-5H3,(H2,31,39)(H,34,40)(H,35,41)(H2,32,33,36,37)/t18-/m1/s1. The Labute approximate surface area is 244 Å². The van der Waals surface area contributed by atoms with Gasteiger partial charge in [0.2, 0.25) is 17.8 Å². The van der Waals surface area contributed by atoms with Crippen LogP contribution >= 0.6 is 0 Å². The fourth-order valence-electron chi connectivity index (χ4n) is 3.70. The van der Waals surface area contributed by atoms with Gasteiger partial charge in [-0.05, 0) is 69.7 Å². The molecule has 3 amide bonds. The minimum Gasteiger partial charge on any atom is -0.460 e. The summed E-state index contributed by atoms with van der Waals surface area (Å²) in [7, 11) is 0. The Bertz CT molecular complexity index is 1430. The fraction of sp³-hybridized carbons (Fsp3) is 0.333. The molecule has 0 unspecified atom stereocenters. The first-order chi connectivity index (χ1) is 19.8. The van der Waals surface area contributed by atoms with Gasteiger partial charge in [-0.25, -0.2) is 4.98 Å². The average Bonchev–Trinajstić information content (AvgIpc) is 2.91. The van der Waals surface area contributed by atoms with Gasteiger partial charge < -0.3 is 31.7 Å². The number of benzene rings is 2. The topological polar surface area (TPSA) is 177 Å². The van der Waals surface area contributed by atoms with E-state index in [1.54, 1.807) is 76.2 Å². The first-order valence-electron chi connectivity index (χ1n) is 13.6. The van der Waals surface area contributed by atoms with Gasteiger partial charge in [0.1, 0.15) is 17.0 Å². The quantitative estimate of drug-likeness (QED) is 0.191. The molecule has 1 heterocycles. The largest absolute Gasteiger partial charge is 0.460 e. The summed E-state index contributed by atoms with van der Waals surface area (Å²) in [4.78, 5) is 58.0. The Morgan fingerprint density at radius 1 is 0.976 bits per heavy atom. The van der Waals surface area contributed by atoms with E-state index in [0.717, 1.165) is 6.42 Å². The summed E-state index contributed by atoms with van der Waals surface area (Å²) in [6.45, 7) is 9.51. The van der Waals surface area contributed by atoms with Crippen LogP contribution in [0.25, 0.3) is 0 Å². The molecule has 0 radical (unpaired) electrons. The van der Waals surface area contributed by atoms with E-state index < -0.39 is 29.3 Å². The molecular weight excluding hydrogens is 538 g/mol. The van der Waals surface area contributed by atoms with E-state index in [1.165, 1.54) is 6.20 Å². The molecule has 12 nitrogen and oxygen atoms in total. The Kier molecular flexibility index (Phi) is 10.6. The van der Waals surface area contributed by atoms with E-state index in [2.05, 4.69) is 31.2 Å². The molecule has 3 rings (SSSR count). The zero-order valence-electron chi connectivity index (χ0n) is 24.4. The summed E-state index contributed by atoms with van der Waals surface area (Å²) in [6, 6.07) is 13.2. The second kappa shape index (κ2) is 14.1. The summed E-state index contributed by atoms with van der Waals surface area (Å²) in [5, 5.41) is 11.8. The Morgan fingerprint density at radius 2 is 1.64 bits per heavy atom. The Hall–Kier alpha value is -5.00. The van der Waals surface area contributed by atoms with Crippen molar-refractivity contribution >= 4 is 52.5 Å². The molecule has 0 aliphatic rings.